The lowest BCUT2D eigenvalue weighted by Gasteiger charge is -2.40. The molecule has 0 aliphatic carbocycles. The van der Waals surface area contributed by atoms with Crippen LogP contribution in [0.3, 0.4) is 0 Å². The van der Waals surface area contributed by atoms with Gasteiger partial charge in [-0.15, -0.1) is 0 Å². The van der Waals surface area contributed by atoms with E-state index in [0.29, 0.717) is 32.4 Å². The Kier molecular flexibility index (Phi) is 7.23. The molecule has 0 bridgehead atoms. The Morgan fingerprint density at radius 3 is 2.47 bits per heavy atom. The third-order valence-corrected chi connectivity index (χ3v) is 7.48. The molecule has 0 unspecified atom stereocenters. The van der Waals surface area contributed by atoms with Crippen molar-refractivity contribution in [1.29, 1.82) is 0 Å². The molecule has 2 aromatic carbocycles. The van der Waals surface area contributed by atoms with E-state index in [0.717, 1.165) is 11.6 Å². The zero-order chi connectivity index (χ0) is 21.6. The van der Waals surface area contributed by atoms with Crippen molar-refractivity contribution in [3.05, 3.63) is 66.0 Å². The largest absolute Gasteiger partial charge is 0.385 e. The number of benzene rings is 2. The lowest BCUT2D eigenvalue weighted by molar-refractivity contribution is -0.128. The minimum Gasteiger partial charge on any atom is -0.385 e. The second-order valence-electron chi connectivity index (χ2n) is 7.41. The molecule has 1 heterocycles. The smallest absolute Gasteiger partial charge is 0.243 e. The molecule has 1 fully saturated rings. The van der Waals surface area contributed by atoms with Gasteiger partial charge in [0.2, 0.25) is 15.9 Å². The molecular weight excluding hydrogens is 407 g/mol. The molecule has 1 aliphatic rings. The highest BCUT2D eigenvalue weighted by Gasteiger charge is 2.45. The van der Waals surface area contributed by atoms with E-state index in [-0.39, 0.29) is 23.9 Å². The molecule has 2 aromatic rings. The number of nitrogens with one attached hydrogen (secondary N) is 1. The first-order valence-electron chi connectivity index (χ1n) is 9.99. The summed E-state index contributed by atoms with van der Waals surface area (Å²) in [5.41, 5.74) is 0.0690. The maximum absolute atomic E-state index is 13.5. The van der Waals surface area contributed by atoms with Gasteiger partial charge >= 0.3 is 0 Å². The third kappa shape index (κ3) is 4.71. The number of sulfonamides is 1. The Hall–Kier alpha value is -2.29. The zero-order valence-electron chi connectivity index (χ0n) is 17.0. The molecule has 0 saturated carbocycles. The maximum atomic E-state index is 13.5. The summed E-state index contributed by atoms with van der Waals surface area (Å²) < 4.78 is 45.8. The van der Waals surface area contributed by atoms with Crippen molar-refractivity contribution in [1.82, 2.24) is 9.62 Å². The van der Waals surface area contributed by atoms with Crippen molar-refractivity contribution >= 4 is 15.9 Å². The molecule has 6 nitrogen and oxygen atoms in total. The summed E-state index contributed by atoms with van der Waals surface area (Å²) in [7, 11) is -2.21. The highest BCUT2D eigenvalue weighted by molar-refractivity contribution is 7.89. The molecule has 8 heteroatoms. The van der Waals surface area contributed by atoms with E-state index in [1.165, 1.54) is 22.5 Å². The predicted octanol–water partition coefficient (Wildman–Crippen LogP) is 2.70. The minimum atomic E-state index is -3.82. The lowest BCUT2D eigenvalue weighted by Crippen LogP contribution is -2.53. The molecule has 1 aliphatic heterocycles. The Balaban J connectivity index is 1.80. The molecular formula is C22H27FN2O4S. The molecule has 0 radical (unpaired) electrons. The number of carbonyl (C=O) groups excluding carboxylic acids is 1. The highest BCUT2D eigenvalue weighted by Crippen LogP contribution is 2.37. The Bertz CT molecular complexity index is 958. The second kappa shape index (κ2) is 9.68. The minimum absolute atomic E-state index is 0.0706. The van der Waals surface area contributed by atoms with Gasteiger partial charge in [-0.3, -0.25) is 4.79 Å². The number of ether oxygens (including phenoxy) is 1. The topological polar surface area (TPSA) is 75.7 Å². The second-order valence-corrected chi connectivity index (χ2v) is 9.35. The van der Waals surface area contributed by atoms with Crippen LogP contribution < -0.4 is 5.32 Å². The van der Waals surface area contributed by atoms with Gasteiger partial charge < -0.3 is 10.1 Å². The molecule has 162 valence electrons. The third-order valence-electron chi connectivity index (χ3n) is 5.58. The highest BCUT2D eigenvalue weighted by atomic mass is 32.2. The summed E-state index contributed by atoms with van der Waals surface area (Å²) in [6, 6.07) is 14.5. The normalized spacial score (nSPS) is 16.9. The van der Waals surface area contributed by atoms with Gasteiger partial charge in [0.05, 0.1) is 10.3 Å². The Labute approximate surface area is 177 Å². The first-order valence-corrected chi connectivity index (χ1v) is 11.4. The summed E-state index contributed by atoms with van der Waals surface area (Å²) in [5, 5.41) is 2.98. The lowest BCUT2D eigenvalue weighted by atomic mass is 9.72. The predicted molar refractivity (Wildman–Crippen MR) is 112 cm³/mol. The maximum Gasteiger partial charge on any atom is 0.243 e. The number of amides is 1. The van der Waals surface area contributed by atoms with E-state index in [1.807, 2.05) is 30.3 Å². The van der Waals surface area contributed by atoms with Crippen molar-refractivity contribution in [3.63, 3.8) is 0 Å². The number of methoxy groups -OCH3 is 1. The monoisotopic (exact) mass is 434 g/mol. The van der Waals surface area contributed by atoms with Crippen molar-refractivity contribution in [2.75, 3.05) is 33.4 Å². The van der Waals surface area contributed by atoms with Crippen LogP contribution in [0.2, 0.25) is 0 Å². The number of carbonyl (C=O) groups is 1. The molecule has 0 atom stereocenters. The first-order chi connectivity index (χ1) is 14.4. The van der Waals surface area contributed by atoms with Gasteiger partial charge in [0.1, 0.15) is 5.82 Å². The van der Waals surface area contributed by atoms with Crippen molar-refractivity contribution < 1.29 is 22.3 Å². The summed E-state index contributed by atoms with van der Waals surface area (Å²) in [4.78, 5) is 13.1. The number of hydrogen-bond donors (Lipinski definition) is 1. The van der Waals surface area contributed by atoms with E-state index >= 15 is 0 Å². The van der Waals surface area contributed by atoms with Crippen LogP contribution in [0, 0.1) is 5.82 Å². The van der Waals surface area contributed by atoms with Crippen LogP contribution in [0.25, 0.3) is 0 Å². The van der Waals surface area contributed by atoms with E-state index in [1.54, 1.807) is 7.11 Å². The standard InChI is InChI=1S/C22H27FN2O4S/c1-29-16-6-13-24-21(26)22(18-7-3-2-4-8-18)11-14-25(15-12-22)30(27,28)20-10-5-9-19(23)17-20/h2-5,7-10,17H,6,11-16H2,1H3,(H,24,26). The molecule has 1 amide bonds. The van der Waals surface area contributed by atoms with E-state index < -0.39 is 21.3 Å². The molecule has 30 heavy (non-hydrogen) atoms. The quantitative estimate of drug-likeness (QED) is 0.649. The Morgan fingerprint density at radius 2 is 1.83 bits per heavy atom. The average Bonchev–Trinajstić information content (AvgIpc) is 2.77. The molecule has 1 N–H and O–H groups in total. The summed E-state index contributed by atoms with van der Waals surface area (Å²) in [6.07, 6.45) is 1.40. The van der Waals surface area contributed by atoms with Gasteiger partial charge in [-0.05, 0) is 43.0 Å². The first kappa shape index (κ1) is 22.4. The van der Waals surface area contributed by atoms with Gasteiger partial charge in [-0.25, -0.2) is 12.8 Å². The molecule has 1 saturated heterocycles. The van der Waals surface area contributed by atoms with Crippen LogP contribution in [-0.4, -0.2) is 52.0 Å². The van der Waals surface area contributed by atoms with Gasteiger partial charge in [-0.2, -0.15) is 4.31 Å². The fourth-order valence-electron chi connectivity index (χ4n) is 3.88. The van der Waals surface area contributed by atoms with Crippen molar-refractivity contribution in [2.45, 2.75) is 29.6 Å². The van der Waals surface area contributed by atoms with Gasteiger partial charge in [-0.1, -0.05) is 36.4 Å². The SMILES string of the molecule is COCCCNC(=O)C1(c2ccccc2)CCN(S(=O)(=O)c2cccc(F)c2)CC1. The van der Waals surface area contributed by atoms with Gasteiger partial charge in [0.25, 0.3) is 0 Å². The molecule has 0 aromatic heterocycles. The summed E-state index contributed by atoms with van der Waals surface area (Å²) >= 11 is 0. The van der Waals surface area contributed by atoms with Crippen LogP contribution in [0.5, 0.6) is 0 Å². The van der Waals surface area contributed by atoms with Crippen molar-refractivity contribution in [3.8, 4) is 0 Å². The average molecular weight is 435 g/mol. The Morgan fingerprint density at radius 1 is 1.13 bits per heavy atom. The fourth-order valence-corrected chi connectivity index (χ4v) is 5.35. The fraction of sp³-hybridized carbons (Fsp3) is 0.409. The summed E-state index contributed by atoms with van der Waals surface area (Å²) in [5.74, 6) is -0.699. The number of halogens is 1. The zero-order valence-corrected chi connectivity index (χ0v) is 17.8. The van der Waals surface area contributed by atoms with Crippen LogP contribution in [0.1, 0.15) is 24.8 Å². The van der Waals surface area contributed by atoms with Crippen LogP contribution in [-0.2, 0) is 25.0 Å². The molecule has 0 spiro atoms. The van der Waals surface area contributed by atoms with Gasteiger partial charge in [0, 0.05) is 33.4 Å². The number of rotatable bonds is 8. The number of hydrogen-bond acceptors (Lipinski definition) is 4. The van der Waals surface area contributed by atoms with Crippen LogP contribution >= 0.6 is 0 Å². The van der Waals surface area contributed by atoms with Crippen LogP contribution in [0.4, 0.5) is 4.39 Å². The molecule has 3 rings (SSSR count). The number of nitrogens with zero attached hydrogens (tertiary/aromatic N) is 1. The van der Waals surface area contributed by atoms with E-state index in [2.05, 4.69) is 5.32 Å². The van der Waals surface area contributed by atoms with E-state index in [4.69, 9.17) is 4.74 Å². The van der Waals surface area contributed by atoms with Crippen molar-refractivity contribution in [2.24, 2.45) is 0 Å². The number of piperidine rings is 1. The van der Waals surface area contributed by atoms with E-state index in [9.17, 15) is 17.6 Å². The van der Waals surface area contributed by atoms with Crippen LogP contribution in [0.15, 0.2) is 59.5 Å². The van der Waals surface area contributed by atoms with Gasteiger partial charge in [0.15, 0.2) is 0 Å². The summed E-state index contributed by atoms with van der Waals surface area (Å²) in [6.45, 7) is 1.41.